The smallest absolute Gasteiger partial charge is 0.199 e. The van der Waals surface area contributed by atoms with Crippen molar-refractivity contribution < 1.29 is 21.7 Å². The zero-order valence-corrected chi connectivity index (χ0v) is 10.2. The molecule has 0 aliphatic rings. The van der Waals surface area contributed by atoms with Gasteiger partial charge in [0.05, 0.1) is 0 Å². The fraction of sp³-hybridized carbons (Fsp3) is 0. The minimum absolute atomic E-state index is 0. The predicted octanol–water partition coefficient (Wildman–Crippen LogP) is 3.74. The number of hydrogen-bond acceptors (Lipinski definition) is 0. The molecule has 0 heterocycles. The van der Waals surface area contributed by atoms with Crippen molar-refractivity contribution in [2.45, 2.75) is 0 Å². The molecule has 74 valence electrons. The molecule has 0 nitrogen and oxygen atoms in total. The van der Waals surface area contributed by atoms with E-state index in [0.717, 1.165) is 11.1 Å². The Labute approximate surface area is 107 Å². The van der Waals surface area contributed by atoms with Gasteiger partial charge in [0.15, 0.2) is 0 Å². The third kappa shape index (κ3) is 6.90. The van der Waals surface area contributed by atoms with E-state index in [-0.39, 0.29) is 21.7 Å². The fourth-order valence-electron chi connectivity index (χ4n) is 0.956. The van der Waals surface area contributed by atoms with Crippen LogP contribution in [0.15, 0.2) is 60.7 Å². The molecule has 0 radical (unpaired) electrons. The number of benzene rings is 2. The van der Waals surface area contributed by atoms with Gasteiger partial charge in [0, 0.05) is 0 Å². The van der Waals surface area contributed by atoms with E-state index in [0.29, 0.717) is 0 Å². The van der Waals surface area contributed by atoms with Crippen molar-refractivity contribution in [1.82, 2.24) is 0 Å². The van der Waals surface area contributed by atoms with E-state index in [2.05, 4.69) is 13.8 Å². The first-order valence-electron chi connectivity index (χ1n) is 4.53. The molecule has 0 aromatic heterocycles. The molecule has 2 rings (SSSR count). The molecule has 0 atom stereocenters. The van der Waals surface area contributed by atoms with E-state index in [1.807, 2.05) is 60.7 Å². The minimum atomic E-state index is 0. The molecule has 0 N–H and O–H groups in total. The maximum absolute atomic E-state index is 3.72. The largest absolute Gasteiger partial charge is 2.00 e. The monoisotopic (exact) mass is 230 g/mol. The van der Waals surface area contributed by atoms with Gasteiger partial charge in [-0.05, 0) is 0 Å². The van der Waals surface area contributed by atoms with Crippen molar-refractivity contribution in [1.29, 1.82) is 0 Å². The SMILES string of the molecule is [CH2-]c1ccccc1.[CH2-]c1ccccc1.[Ti+2]. The molecule has 0 fully saturated rings. The van der Waals surface area contributed by atoms with Crippen LogP contribution in [0.1, 0.15) is 11.1 Å². The van der Waals surface area contributed by atoms with E-state index in [1.165, 1.54) is 0 Å². The molecule has 2 aromatic rings. The average Bonchev–Trinajstić information content (AvgIpc) is 2.21. The second kappa shape index (κ2) is 8.22. The van der Waals surface area contributed by atoms with E-state index in [4.69, 9.17) is 0 Å². The topological polar surface area (TPSA) is 0 Å². The van der Waals surface area contributed by atoms with Crippen molar-refractivity contribution in [2.24, 2.45) is 0 Å². The molecule has 1 heteroatoms. The summed E-state index contributed by atoms with van der Waals surface area (Å²) in [6, 6.07) is 19.7. The second-order valence-electron chi connectivity index (χ2n) is 2.97. The van der Waals surface area contributed by atoms with Gasteiger partial charge in [0.2, 0.25) is 0 Å². The maximum Gasteiger partial charge on any atom is 2.00 e. The molecule has 0 amide bonds. The van der Waals surface area contributed by atoms with Gasteiger partial charge in [-0.3, -0.25) is 0 Å². The fourth-order valence-corrected chi connectivity index (χ4v) is 0.956. The predicted molar refractivity (Wildman–Crippen MR) is 61.8 cm³/mol. The number of hydrogen-bond donors (Lipinski definition) is 0. The normalized spacial score (nSPS) is 8.00. The summed E-state index contributed by atoms with van der Waals surface area (Å²) in [6.45, 7) is 7.44. The summed E-state index contributed by atoms with van der Waals surface area (Å²) in [5, 5.41) is 0. The van der Waals surface area contributed by atoms with Crippen LogP contribution in [0.2, 0.25) is 0 Å². The van der Waals surface area contributed by atoms with Gasteiger partial charge in [-0.2, -0.15) is 49.2 Å². The van der Waals surface area contributed by atoms with Crippen LogP contribution in [0.5, 0.6) is 0 Å². The summed E-state index contributed by atoms with van der Waals surface area (Å²) in [6.07, 6.45) is 0. The van der Waals surface area contributed by atoms with Crippen LogP contribution in [-0.2, 0) is 21.7 Å². The van der Waals surface area contributed by atoms with Gasteiger partial charge in [0.25, 0.3) is 0 Å². The first-order chi connectivity index (χ1) is 6.79. The first-order valence-corrected chi connectivity index (χ1v) is 4.53. The van der Waals surface area contributed by atoms with Crippen LogP contribution < -0.4 is 0 Å². The number of rotatable bonds is 0. The summed E-state index contributed by atoms with van der Waals surface area (Å²) in [5.74, 6) is 0. The summed E-state index contributed by atoms with van der Waals surface area (Å²) in [4.78, 5) is 0. The molecule has 0 saturated carbocycles. The third-order valence-corrected chi connectivity index (χ3v) is 1.69. The summed E-state index contributed by atoms with van der Waals surface area (Å²) < 4.78 is 0. The maximum atomic E-state index is 3.72. The Bertz CT molecular complexity index is 303. The van der Waals surface area contributed by atoms with E-state index >= 15 is 0 Å². The Morgan fingerprint density at radius 3 is 0.933 bits per heavy atom. The van der Waals surface area contributed by atoms with Crippen molar-refractivity contribution in [3.05, 3.63) is 85.6 Å². The zero-order chi connectivity index (χ0) is 10.2. The molecule has 0 unspecified atom stereocenters. The molecule has 15 heavy (non-hydrogen) atoms. The minimum Gasteiger partial charge on any atom is -0.199 e. The van der Waals surface area contributed by atoms with E-state index < -0.39 is 0 Å². The zero-order valence-electron chi connectivity index (χ0n) is 8.69. The van der Waals surface area contributed by atoms with E-state index in [9.17, 15) is 0 Å². The van der Waals surface area contributed by atoms with Crippen molar-refractivity contribution >= 4 is 0 Å². The molecule has 0 spiro atoms. The van der Waals surface area contributed by atoms with Crippen LogP contribution in [-0.4, -0.2) is 0 Å². The Morgan fingerprint density at radius 1 is 0.533 bits per heavy atom. The van der Waals surface area contributed by atoms with Gasteiger partial charge in [-0.25, -0.2) is 0 Å². The standard InChI is InChI=1S/2C7H7.Ti/c2*1-7-5-3-2-4-6-7;/h2*2-6H,1H2;/q2*-1;+2. The van der Waals surface area contributed by atoms with Crippen molar-refractivity contribution in [3.8, 4) is 0 Å². The van der Waals surface area contributed by atoms with Crippen LogP contribution in [0, 0.1) is 13.8 Å². The molecule has 0 aliphatic heterocycles. The Kier molecular flexibility index (Phi) is 7.62. The second-order valence-corrected chi connectivity index (χ2v) is 2.97. The molecule has 0 aliphatic carbocycles. The third-order valence-electron chi connectivity index (χ3n) is 1.69. The van der Waals surface area contributed by atoms with Crippen LogP contribution >= 0.6 is 0 Å². The molecule has 0 saturated heterocycles. The molecule has 2 aromatic carbocycles. The molecule has 0 bridgehead atoms. The Hall–Kier alpha value is -1.11. The average molecular weight is 230 g/mol. The van der Waals surface area contributed by atoms with Gasteiger partial charge < -0.3 is 0 Å². The summed E-state index contributed by atoms with van der Waals surface area (Å²) in [5.41, 5.74) is 2.14. The van der Waals surface area contributed by atoms with Gasteiger partial charge in [-0.1, -0.05) is 12.1 Å². The quantitative estimate of drug-likeness (QED) is 0.477. The van der Waals surface area contributed by atoms with Crippen LogP contribution in [0.25, 0.3) is 0 Å². The van der Waals surface area contributed by atoms with Crippen LogP contribution in [0.3, 0.4) is 0 Å². The van der Waals surface area contributed by atoms with Gasteiger partial charge in [0.1, 0.15) is 0 Å². The van der Waals surface area contributed by atoms with Gasteiger partial charge in [-0.15, -0.1) is 24.3 Å². The summed E-state index contributed by atoms with van der Waals surface area (Å²) >= 11 is 0. The Balaban J connectivity index is 0.000000245. The van der Waals surface area contributed by atoms with Gasteiger partial charge >= 0.3 is 21.7 Å². The Morgan fingerprint density at radius 2 is 0.800 bits per heavy atom. The molecular weight excluding hydrogens is 216 g/mol. The molecular formula is C14H14Ti. The van der Waals surface area contributed by atoms with Crippen LogP contribution in [0.4, 0.5) is 0 Å². The summed E-state index contributed by atoms with van der Waals surface area (Å²) in [7, 11) is 0. The van der Waals surface area contributed by atoms with E-state index in [1.54, 1.807) is 0 Å². The first kappa shape index (κ1) is 13.9. The van der Waals surface area contributed by atoms with Crippen molar-refractivity contribution in [3.63, 3.8) is 0 Å². The van der Waals surface area contributed by atoms with Crippen molar-refractivity contribution in [2.75, 3.05) is 0 Å².